The van der Waals surface area contributed by atoms with Gasteiger partial charge in [-0.15, -0.1) is 11.8 Å². The summed E-state index contributed by atoms with van der Waals surface area (Å²) in [6.45, 7) is 0. The van der Waals surface area contributed by atoms with E-state index >= 15 is 0 Å². The number of anilines is 1. The quantitative estimate of drug-likeness (QED) is 0.641. The zero-order valence-corrected chi connectivity index (χ0v) is 14.1. The molecule has 0 unspecified atom stereocenters. The number of carbonyl (C=O) groups is 1. The number of methoxy groups -OCH3 is 2. The fraction of sp³-hybridized carbons (Fsp3) is 0.167. The Bertz CT molecular complexity index is 713. The van der Waals surface area contributed by atoms with E-state index in [1.54, 1.807) is 38.1 Å². The van der Waals surface area contributed by atoms with E-state index in [1.807, 2.05) is 42.7 Å². The molecule has 0 aromatic heterocycles. The van der Waals surface area contributed by atoms with Gasteiger partial charge in [0, 0.05) is 22.2 Å². The van der Waals surface area contributed by atoms with Crippen molar-refractivity contribution in [2.24, 2.45) is 0 Å². The second-order valence-electron chi connectivity index (χ2n) is 4.66. The Labute approximate surface area is 140 Å². The molecule has 23 heavy (non-hydrogen) atoms. The Morgan fingerprint density at radius 1 is 1.13 bits per heavy atom. The first-order valence-corrected chi connectivity index (χ1v) is 8.24. The molecular formula is C18H19NO3S. The normalized spacial score (nSPS) is 10.6. The third-order valence-corrected chi connectivity index (χ3v) is 3.91. The lowest BCUT2D eigenvalue weighted by Gasteiger charge is -2.07. The summed E-state index contributed by atoms with van der Waals surface area (Å²) in [6, 6.07) is 13.1. The van der Waals surface area contributed by atoms with Gasteiger partial charge in [0.1, 0.15) is 11.5 Å². The van der Waals surface area contributed by atoms with E-state index in [0.717, 1.165) is 16.1 Å². The van der Waals surface area contributed by atoms with Gasteiger partial charge < -0.3 is 14.8 Å². The van der Waals surface area contributed by atoms with E-state index in [1.165, 1.54) is 6.08 Å². The maximum absolute atomic E-state index is 12.1. The fourth-order valence-electron chi connectivity index (χ4n) is 2.02. The molecule has 120 valence electrons. The molecule has 0 spiro atoms. The van der Waals surface area contributed by atoms with Crippen LogP contribution in [0.5, 0.6) is 11.5 Å². The number of benzene rings is 2. The van der Waals surface area contributed by atoms with Crippen LogP contribution in [0.4, 0.5) is 5.69 Å². The summed E-state index contributed by atoms with van der Waals surface area (Å²) in [5.74, 6) is 1.19. The molecule has 0 fully saturated rings. The number of nitrogens with one attached hydrogen (secondary N) is 1. The van der Waals surface area contributed by atoms with Crippen LogP contribution in [-0.4, -0.2) is 26.4 Å². The predicted molar refractivity (Wildman–Crippen MR) is 95.4 cm³/mol. The molecule has 0 heterocycles. The molecule has 4 nitrogen and oxygen atoms in total. The Morgan fingerprint density at radius 3 is 2.65 bits per heavy atom. The summed E-state index contributed by atoms with van der Waals surface area (Å²) in [5.41, 5.74) is 1.55. The fourth-order valence-corrected chi connectivity index (χ4v) is 2.48. The zero-order valence-electron chi connectivity index (χ0n) is 13.3. The Balaban J connectivity index is 2.11. The number of hydrogen-bond donors (Lipinski definition) is 1. The minimum atomic E-state index is -0.201. The highest BCUT2D eigenvalue weighted by Gasteiger charge is 2.04. The van der Waals surface area contributed by atoms with Crippen molar-refractivity contribution < 1.29 is 14.3 Å². The Hall–Kier alpha value is -2.40. The van der Waals surface area contributed by atoms with E-state index in [9.17, 15) is 4.79 Å². The minimum absolute atomic E-state index is 0.201. The number of amides is 1. The van der Waals surface area contributed by atoms with Gasteiger partial charge in [0.15, 0.2) is 0 Å². The summed E-state index contributed by atoms with van der Waals surface area (Å²) in [6.07, 6.45) is 5.17. The van der Waals surface area contributed by atoms with Crippen LogP contribution in [0.15, 0.2) is 53.4 Å². The van der Waals surface area contributed by atoms with Gasteiger partial charge in [-0.05, 0) is 48.7 Å². The van der Waals surface area contributed by atoms with Gasteiger partial charge in [0.05, 0.1) is 14.2 Å². The van der Waals surface area contributed by atoms with Crippen LogP contribution in [0.25, 0.3) is 6.08 Å². The molecule has 0 atom stereocenters. The maximum atomic E-state index is 12.1. The largest absolute Gasteiger partial charge is 0.497 e. The average Bonchev–Trinajstić information content (AvgIpc) is 2.59. The van der Waals surface area contributed by atoms with E-state index < -0.39 is 0 Å². The number of thioether (sulfide) groups is 1. The molecule has 0 radical (unpaired) electrons. The number of carbonyl (C=O) groups excluding carboxylic acids is 1. The molecule has 2 rings (SSSR count). The minimum Gasteiger partial charge on any atom is -0.497 e. The highest BCUT2D eigenvalue weighted by atomic mass is 32.2. The lowest BCUT2D eigenvalue weighted by molar-refractivity contribution is -0.111. The molecule has 0 saturated heterocycles. The van der Waals surface area contributed by atoms with Gasteiger partial charge in [0.25, 0.3) is 0 Å². The highest BCUT2D eigenvalue weighted by Crippen LogP contribution is 2.25. The van der Waals surface area contributed by atoms with Crippen LogP contribution in [0.1, 0.15) is 5.56 Å². The Morgan fingerprint density at radius 2 is 1.96 bits per heavy atom. The molecule has 1 amide bonds. The molecule has 0 aliphatic carbocycles. The second-order valence-corrected chi connectivity index (χ2v) is 5.54. The average molecular weight is 329 g/mol. The molecule has 0 aliphatic heterocycles. The van der Waals surface area contributed by atoms with Crippen molar-refractivity contribution in [3.63, 3.8) is 0 Å². The topological polar surface area (TPSA) is 47.6 Å². The van der Waals surface area contributed by atoms with E-state index in [4.69, 9.17) is 9.47 Å². The SMILES string of the molecule is COc1ccc(OC)c(/C=C/C(=O)Nc2cccc(SC)c2)c1. The van der Waals surface area contributed by atoms with Gasteiger partial charge in [-0.1, -0.05) is 6.07 Å². The third kappa shape index (κ3) is 4.79. The van der Waals surface area contributed by atoms with Gasteiger partial charge in [0.2, 0.25) is 5.91 Å². The molecule has 5 heteroatoms. The molecule has 0 saturated carbocycles. The van der Waals surface area contributed by atoms with Crippen molar-refractivity contribution in [1.29, 1.82) is 0 Å². The van der Waals surface area contributed by atoms with Crippen LogP contribution < -0.4 is 14.8 Å². The van der Waals surface area contributed by atoms with Gasteiger partial charge in [-0.2, -0.15) is 0 Å². The predicted octanol–water partition coefficient (Wildman–Crippen LogP) is 4.08. The number of hydrogen-bond acceptors (Lipinski definition) is 4. The Kier molecular flexibility index (Phi) is 6.11. The number of ether oxygens (including phenoxy) is 2. The standard InChI is InChI=1S/C18H19NO3S/c1-21-15-8-9-17(22-2)13(11-15)7-10-18(20)19-14-5-4-6-16(12-14)23-3/h4-12H,1-3H3,(H,19,20)/b10-7+. The summed E-state index contributed by atoms with van der Waals surface area (Å²) in [5, 5.41) is 2.84. The monoisotopic (exact) mass is 329 g/mol. The van der Waals surface area contributed by atoms with E-state index in [-0.39, 0.29) is 5.91 Å². The molecule has 0 aliphatic rings. The van der Waals surface area contributed by atoms with Crippen molar-refractivity contribution in [3.05, 3.63) is 54.1 Å². The molecule has 2 aromatic rings. The van der Waals surface area contributed by atoms with Gasteiger partial charge in [-0.25, -0.2) is 0 Å². The summed E-state index contributed by atoms with van der Waals surface area (Å²) in [4.78, 5) is 13.2. The highest BCUT2D eigenvalue weighted by molar-refractivity contribution is 7.98. The van der Waals surface area contributed by atoms with Crippen LogP contribution in [0, 0.1) is 0 Å². The first-order chi connectivity index (χ1) is 11.2. The molecule has 2 aromatic carbocycles. The van der Waals surface area contributed by atoms with Crippen molar-refractivity contribution in [2.75, 3.05) is 25.8 Å². The lowest BCUT2D eigenvalue weighted by atomic mass is 10.1. The summed E-state index contributed by atoms with van der Waals surface area (Å²) < 4.78 is 10.5. The van der Waals surface area contributed by atoms with Gasteiger partial charge in [-0.3, -0.25) is 4.79 Å². The maximum Gasteiger partial charge on any atom is 0.248 e. The lowest BCUT2D eigenvalue weighted by Crippen LogP contribution is -2.07. The number of rotatable bonds is 6. The third-order valence-electron chi connectivity index (χ3n) is 3.19. The van der Waals surface area contributed by atoms with Crippen LogP contribution in [-0.2, 0) is 4.79 Å². The van der Waals surface area contributed by atoms with Crippen LogP contribution in [0.3, 0.4) is 0 Å². The van der Waals surface area contributed by atoms with Gasteiger partial charge >= 0.3 is 0 Å². The molecule has 1 N–H and O–H groups in total. The summed E-state index contributed by atoms with van der Waals surface area (Å²) in [7, 11) is 3.19. The van der Waals surface area contributed by atoms with Crippen molar-refractivity contribution in [3.8, 4) is 11.5 Å². The van der Waals surface area contributed by atoms with Crippen LogP contribution in [0.2, 0.25) is 0 Å². The van der Waals surface area contributed by atoms with E-state index in [0.29, 0.717) is 11.5 Å². The summed E-state index contributed by atoms with van der Waals surface area (Å²) >= 11 is 1.63. The molecule has 0 bridgehead atoms. The van der Waals surface area contributed by atoms with Crippen LogP contribution >= 0.6 is 11.8 Å². The van der Waals surface area contributed by atoms with Crippen molar-refractivity contribution in [1.82, 2.24) is 0 Å². The zero-order chi connectivity index (χ0) is 16.7. The molecular weight excluding hydrogens is 310 g/mol. The first kappa shape index (κ1) is 17.0. The van der Waals surface area contributed by atoms with Crippen molar-refractivity contribution >= 4 is 29.4 Å². The van der Waals surface area contributed by atoms with E-state index in [2.05, 4.69) is 5.32 Å². The second kappa shape index (κ2) is 8.29. The smallest absolute Gasteiger partial charge is 0.248 e. The van der Waals surface area contributed by atoms with Crippen molar-refractivity contribution in [2.45, 2.75) is 4.90 Å². The first-order valence-electron chi connectivity index (χ1n) is 7.01.